The summed E-state index contributed by atoms with van der Waals surface area (Å²) in [6.07, 6.45) is 0. The lowest BCUT2D eigenvalue weighted by atomic mass is 9.96. The number of alkyl halides is 1. The number of rotatable bonds is 3. The van der Waals surface area contributed by atoms with Crippen LogP contribution in [0.3, 0.4) is 0 Å². The Hall–Kier alpha value is -1.06. The van der Waals surface area contributed by atoms with Crippen LogP contribution < -0.4 is 0 Å². The number of carbonyl (C=O) groups is 1. The molecule has 1 aromatic rings. The number of hydrogen-bond donors (Lipinski definition) is 0. The van der Waals surface area contributed by atoms with Gasteiger partial charge in [0.25, 0.3) is 0 Å². The number of nitrogens with zero attached hydrogens (tertiary/aromatic N) is 1. The van der Waals surface area contributed by atoms with Crippen molar-refractivity contribution in [1.82, 2.24) is 4.90 Å². The van der Waals surface area contributed by atoms with Crippen molar-refractivity contribution >= 4 is 17.5 Å². The Bertz CT molecular complexity index is 390. The fraction of sp³-hybridized carbons (Fsp3) is 0.500. The fourth-order valence-corrected chi connectivity index (χ4v) is 2.38. The van der Waals surface area contributed by atoms with Gasteiger partial charge in [-0.2, -0.15) is 0 Å². The van der Waals surface area contributed by atoms with E-state index in [1.54, 1.807) is 4.90 Å². The molecule has 1 saturated heterocycles. The van der Waals surface area contributed by atoms with Crippen LogP contribution in [-0.2, 0) is 9.53 Å². The van der Waals surface area contributed by atoms with Crippen LogP contribution >= 0.6 is 11.6 Å². The highest BCUT2D eigenvalue weighted by Gasteiger charge is 2.29. The van der Waals surface area contributed by atoms with Gasteiger partial charge in [-0.05, 0) is 5.56 Å². The van der Waals surface area contributed by atoms with Crippen LogP contribution in [0, 0.1) is 0 Å². The van der Waals surface area contributed by atoms with Crippen molar-refractivity contribution in [3.05, 3.63) is 35.9 Å². The van der Waals surface area contributed by atoms with Crippen LogP contribution in [0.4, 0.5) is 0 Å². The molecule has 0 radical (unpaired) electrons. The van der Waals surface area contributed by atoms with E-state index in [9.17, 15) is 4.79 Å². The first-order chi connectivity index (χ1) is 8.70. The first-order valence-electron chi connectivity index (χ1n) is 6.25. The summed E-state index contributed by atoms with van der Waals surface area (Å²) in [5, 5.41) is -0.509. The third-order valence-corrected chi connectivity index (χ3v) is 3.89. The third-order valence-electron chi connectivity index (χ3n) is 3.32. The van der Waals surface area contributed by atoms with Crippen molar-refractivity contribution in [2.45, 2.75) is 18.2 Å². The maximum Gasteiger partial charge on any atom is 0.241 e. The average Bonchev–Trinajstić information content (AvgIpc) is 2.47. The van der Waals surface area contributed by atoms with Gasteiger partial charge in [-0.1, -0.05) is 37.3 Å². The quantitative estimate of drug-likeness (QED) is 0.787. The summed E-state index contributed by atoms with van der Waals surface area (Å²) in [5.41, 5.74) is 1.10. The fourth-order valence-electron chi connectivity index (χ4n) is 2.10. The van der Waals surface area contributed by atoms with Gasteiger partial charge in [0.1, 0.15) is 5.38 Å². The summed E-state index contributed by atoms with van der Waals surface area (Å²) in [4.78, 5) is 14.0. The van der Waals surface area contributed by atoms with Gasteiger partial charge >= 0.3 is 0 Å². The predicted molar refractivity (Wildman–Crippen MR) is 71.9 cm³/mol. The molecule has 1 aromatic carbocycles. The van der Waals surface area contributed by atoms with E-state index < -0.39 is 5.38 Å². The number of ether oxygens (including phenoxy) is 1. The monoisotopic (exact) mass is 267 g/mol. The average molecular weight is 268 g/mol. The summed E-state index contributed by atoms with van der Waals surface area (Å²) in [6, 6.07) is 9.91. The minimum absolute atomic E-state index is 0.0105. The maximum absolute atomic E-state index is 12.3. The van der Waals surface area contributed by atoms with Crippen molar-refractivity contribution in [2.24, 2.45) is 0 Å². The van der Waals surface area contributed by atoms with E-state index in [-0.39, 0.29) is 11.8 Å². The van der Waals surface area contributed by atoms with Gasteiger partial charge in [-0.3, -0.25) is 4.79 Å². The van der Waals surface area contributed by atoms with E-state index in [1.807, 2.05) is 37.3 Å². The Balaban J connectivity index is 2.01. The smallest absolute Gasteiger partial charge is 0.241 e. The number of halogens is 1. The Morgan fingerprint density at radius 3 is 2.50 bits per heavy atom. The van der Waals surface area contributed by atoms with Gasteiger partial charge in [-0.25, -0.2) is 0 Å². The molecule has 18 heavy (non-hydrogen) atoms. The molecule has 1 heterocycles. The van der Waals surface area contributed by atoms with E-state index in [4.69, 9.17) is 16.3 Å². The molecule has 1 fully saturated rings. The molecule has 0 N–H and O–H groups in total. The lowest BCUT2D eigenvalue weighted by molar-refractivity contribution is -0.135. The van der Waals surface area contributed by atoms with Crippen LogP contribution in [0.1, 0.15) is 18.4 Å². The molecular weight excluding hydrogens is 250 g/mol. The van der Waals surface area contributed by atoms with Crippen molar-refractivity contribution in [1.29, 1.82) is 0 Å². The number of benzene rings is 1. The normalized spacial score (nSPS) is 19.3. The van der Waals surface area contributed by atoms with Crippen molar-refractivity contribution in [2.75, 3.05) is 26.3 Å². The molecule has 1 aliphatic heterocycles. The van der Waals surface area contributed by atoms with Gasteiger partial charge in [0.2, 0.25) is 5.91 Å². The molecule has 0 spiro atoms. The molecule has 0 aliphatic carbocycles. The summed E-state index contributed by atoms with van der Waals surface area (Å²) in [6.45, 7) is 4.49. The molecule has 0 bridgehead atoms. The zero-order valence-electron chi connectivity index (χ0n) is 10.5. The largest absolute Gasteiger partial charge is 0.378 e. The zero-order chi connectivity index (χ0) is 13.0. The standard InChI is InChI=1S/C14H18ClNO2/c1-11(12-5-3-2-4-6-12)13(15)14(17)16-7-9-18-10-8-16/h2-6,11,13H,7-10H2,1H3. The molecule has 98 valence electrons. The summed E-state index contributed by atoms with van der Waals surface area (Å²) < 4.78 is 5.24. The summed E-state index contributed by atoms with van der Waals surface area (Å²) in [5.74, 6) is 0.0273. The van der Waals surface area contributed by atoms with E-state index in [2.05, 4.69) is 0 Å². The predicted octanol–water partition coefficient (Wildman–Crippen LogP) is 2.26. The second-order valence-electron chi connectivity index (χ2n) is 4.54. The lowest BCUT2D eigenvalue weighted by Gasteiger charge is -2.30. The van der Waals surface area contributed by atoms with Crippen LogP contribution in [0.5, 0.6) is 0 Å². The van der Waals surface area contributed by atoms with Gasteiger partial charge in [-0.15, -0.1) is 11.6 Å². The topological polar surface area (TPSA) is 29.5 Å². The Labute approximate surface area is 113 Å². The molecule has 2 unspecified atom stereocenters. The van der Waals surface area contributed by atoms with Crippen molar-refractivity contribution < 1.29 is 9.53 Å². The molecule has 2 atom stereocenters. The zero-order valence-corrected chi connectivity index (χ0v) is 11.3. The second kappa shape index (κ2) is 6.21. The maximum atomic E-state index is 12.3. The highest BCUT2D eigenvalue weighted by atomic mass is 35.5. The van der Waals surface area contributed by atoms with Crippen LogP contribution in [-0.4, -0.2) is 42.5 Å². The third kappa shape index (κ3) is 3.03. The molecule has 1 amide bonds. The Morgan fingerprint density at radius 1 is 1.28 bits per heavy atom. The highest BCUT2D eigenvalue weighted by molar-refractivity contribution is 6.31. The number of hydrogen-bond acceptors (Lipinski definition) is 2. The van der Waals surface area contributed by atoms with Crippen molar-refractivity contribution in [3.8, 4) is 0 Å². The number of carbonyl (C=O) groups excluding carboxylic acids is 1. The first-order valence-corrected chi connectivity index (χ1v) is 6.69. The van der Waals surface area contributed by atoms with E-state index in [1.165, 1.54) is 0 Å². The second-order valence-corrected chi connectivity index (χ2v) is 5.01. The molecule has 4 heteroatoms. The van der Waals surface area contributed by atoms with Crippen LogP contribution in [0.15, 0.2) is 30.3 Å². The molecular formula is C14H18ClNO2. The summed E-state index contributed by atoms with van der Waals surface area (Å²) in [7, 11) is 0. The molecule has 0 saturated carbocycles. The molecule has 2 rings (SSSR count). The van der Waals surface area contributed by atoms with E-state index >= 15 is 0 Å². The van der Waals surface area contributed by atoms with Gasteiger partial charge < -0.3 is 9.64 Å². The van der Waals surface area contributed by atoms with E-state index in [0.717, 1.165) is 5.56 Å². The minimum Gasteiger partial charge on any atom is -0.378 e. The SMILES string of the molecule is CC(c1ccccc1)C(Cl)C(=O)N1CCOCC1. The highest BCUT2D eigenvalue weighted by Crippen LogP contribution is 2.24. The van der Waals surface area contributed by atoms with E-state index in [0.29, 0.717) is 26.3 Å². The lowest BCUT2D eigenvalue weighted by Crippen LogP contribution is -2.45. The van der Waals surface area contributed by atoms with Crippen LogP contribution in [0.2, 0.25) is 0 Å². The van der Waals surface area contributed by atoms with Crippen molar-refractivity contribution in [3.63, 3.8) is 0 Å². The molecule has 0 aromatic heterocycles. The van der Waals surface area contributed by atoms with Crippen LogP contribution in [0.25, 0.3) is 0 Å². The Morgan fingerprint density at radius 2 is 1.89 bits per heavy atom. The van der Waals surface area contributed by atoms with Gasteiger partial charge in [0.05, 0.1) is 13.2 Å². The molecule has 1 aliphatic rings. The summed E-state index contributed by atoms with van der Waals surface area (Å²) >= 11 is 6.32. The number of amides is 1. The minimum atomic E-state index is -0.509. The number of morpholine rings is 1. The van der Waals surface area contributed by atoms with Gasteiger partial charge in [0, 0.05) is 19.0 Å². The van der Waals surface area contributed by atoms with Gasteiger partial charge in [0.15, 0.2) is 0 Å². The first kappa shape index (κ1) is 13.4. The molecule has 3 nitrogen and oxygen atoms in total. The Kier molecular flexibility index (Phi) is 4.61.